The van der Waals surface area contributed by atoms with E-state index in [2.05, 4.69) is 20.3 Å². The Hall–Kier alpha value is -3.43. The van der Waals surface area contributed by atoms with E-state index in [-0.39, 0.29) is 11.6 Å². The van der Waals surface area contributed by atoms with Crippen molar-refractivity contribution in [3.8, 4) is 17.4 Å². The molecular formula is C17H14F3N5O2. The largest absolute Gasteiger partial charge is 0.439 e. The lowest BCUT2D eigenvalue weighted by molar-refractivity contribution is -0.150. The fraction of sp³-hybridized carbons (Fsp3) is 0.176. The van der Waals surface area contributed by atoms with Crippen LogP contribution in [0.5, 0.6) is 11.6 Å². The van der Waals surface area contributed by atoms with Crippen LogP contribution in [0.15, 0.2) is 49.1 Å². The second kappa shape index (κ2) is 7.44. The molecule has 3 aromatic rings. The van der Waals surface area contributed by atoms with Crippen molar-refractivity contribution in [1.82, 2.24) is 19.5 Å². The molecule has 0 aliphatic carbocycles. The Morgan fingerprint density at radius 2 is 1.93 bits per heavy atom. The minimum atomic E-state index is -4.55. The number of ether oxygens (including phenoxy) is 1. The van der Waals surface area contributed by atoms with E-state index in [1.165, 1.54) is 30.6 Å². The van der Waals surface area contributed by atoms with E-state index < -0.39 is 18.5 Å². The molecule has 140 valence electrons. The molecule has 2 aromatic heterocycles. The predicted octanol–water partition coefficient (Wildman–Crippen LogP) is 3.65. The van der Waals surface area contributed by atoms with Crippen molar-refractivity contribution in [2.45, 2.75) is 19.5 Å². The van der Waals surface area contributed by atoms with Crippen molar-refractivity contribution in [2.24, 2.45) is 0 Å². The number of benzene rings is 1. The summed E-state index contributed by atoms with van der Waals surface area (Å²) in [5, 5.41) is 2.17. The molecular weight excluding hydrogens is 363 g/mol. The lowest BCUT2D eigenvalue weighted by Crippen LogP contribution is -2.21. The first-order chi connectivity index (χ1) is 12.8. The van der Waals surface area contributed by atoms with Gasteiger partial charge in [0.05, 0.1) is 0 Å². The highest BCUT2D eigenvalue weighted by atomic mass is 19.4. The first kappa shape index (κ1) is 18.4. The van der Waals surface area contributed by atoms with Gasteiger partial charge >= 0.3 is 6.18 Å². The van der Waals surface area contributed by atoms with Crippen molar-refractivity contribution >= 4 is 11.6 Å². The number of amides is 1. The summed E-state index contributed by atoms with van der Waals surface area (Å²) in [5.41, 5.74) is 0.231. The van der Waals surface area contributed by atoms with Crippen molar-refractivity contribution in [3.63, 3.8) is 0 Å². The molecule has 10 heteroatoms. The quantitative estimate of drug-likeness (QED) is 0.734. The molecule has 0 radical (unpaired) electrons. The number of nitrogens with zero attached hydrogens (tertiary/aromatic N) is 4. The highest BCUT2D eigenvalue weighted by Gasteiger charge is 2.31. The molecule has 0 unspecified atom stereocenters. The summed E-state index contributed by atoms with van der Waals surface area (Å²) in [5.74, 6) is 0.870. The summed E-state index contributed by atoms with van der Waals surface area (Å²) in [6.45, 7) is 1.83. The average Bonchev–Trinajstić information content (AvgIpc) is 3.01. The number of halogens is 3. The number of hydrogen-bond donors (Lipinski definition) is 1. The van der Waals surface area contributed by atoms with Gasteiger partial charge in [-0.3, -0.25) is 9.36 Å². The Bertz CT molecular complexity index is 938. The normalized spacial score (nSPS) is 11.3. The van der Waals surface area contributed by atoms with Crippen molar-refractivity contribution in [2.75, 3.05) is 5.32 Å². The standard InChI is InChI=1S/C17H14F3N5O2/c1-11-21-6-7-25(11)14-8-16(23-10-22-14)27-13-4-2-12(3-5-13)24-15(26)9-17(18,19)20/h2-8,10H,9H2,1H3,(H,24,26). The third-order valence-corrected chi connectivity index (χ3v) is 3.42. The zero-order chi connectivity index (χ0) is 19.4. The van der Waals surface area contributed by atoms with E-state index >= 15 is 0 Å². The second-order valence-electron chi connectivity index (χ2n) is 5.53. The van der Waals surface area contributed by atoms with Crippen LogP contribution in [0.1, 0.15) is 12.2 Å². The number of anilines is 1. The Labute approximate surface area is 151 Å². The van der Waals surface area contributed by atoms with Gasteiger partial charge in [0.1, 0.15) is 30.1 Å². The summed E-state index contributed by atoms with van der Waals surface area (Å²) in [4.78, 5) is 23.6. The van der Waals surface area contributed by atoms with Crippen LogP contribution in [0.25, 0.3) is 5.82 Å². The molecule has 0 fully saturated rings. The van der Waals surface area contributed by atoms with Crippen LogP contribution in [-0.2, 0) is 4.79 Å². The number of carbonyl (C=O) groups excluding carboxylic acids is 1. The van der Waals surface area contributed by atoms with Crippen LogP contribution in [0.3, 0.4) is 0 Å². The van der Waals surface area contributed by atoms with Crippen molar-refractivity contribution in [3.05, 3.63) is 54.9 Å². The van der Waals surface area contributed by atoms with Gasteiger partial charge < -0.3 is 10.1 Å². The molecule has 0 aliphatic heterocycles. The third kappa shape index (κ3) is 5.03. The van der Waals surface area contributed by atoms with Gasteiger partial charge in [0.2, 0.25) is 11.8 Å². The molecule has 7 nitrogen and oxygen atoms in total. The number of nitrogens with one attached hydrogen (secondary N) is 1. The van der Waals surface area contributed by atoms with Crippen LogP contribution < -0.4 is 10.1 Å². The molecule has 1 amide bonds. The van der Waals surface area contributed by atoms with Crippen LogP contribution in [-0.4, -0.2) is 31.6 Å². The summed E-state index contributed by atoms with van der Waals surface area (Å²) in [6, 6.07) is 7.51. The fourth-order valence-corrected chi connectivity index (χ4v) is 2.25. The predicted molar refractivity (Wildman–Crippen MR) is 89.7 cm³/mol. The van der Waals surface area contributed by atoms with Gasteiger partial charge in [-0.1, -0.05) is 0 Å². The van der Waals surface area contributed by atoms with Crippen LogP contribution >= 0.6 is 0 Å². The minimum Gasteiger partial charge on any atom is -0.439 e. The van der Waals surface area contributed by atoms with Crippen molar-refractivity contribution < 1.29 is 22.7 Å². The molecule has 0 spiro atoms. The first-order valence-corrected chi connectivity index (χ1v) is 7.77. The van der Waals surface area contributed by atoms with E-state index in [0.717, 1.165) is 5.82 Å². The smallest absolute Gasteiger partial charge is 0.397 e. The van der Waals surface area contributed by atoms with E-state index in [0.29, 0.717) is 11.6 Å². The average molecular weight is 377 g/mol. The molecule has 0 saturated carbocycles. The fourth-order valence-electron chi connectivity index (χ4n) is 2.25. The van der Waals surface area contributed by atoms with Crippen LogP contribution in [0, 0.1) is 6.92 Å². The maximum Gasteiger partial charge on any atom is 0.397 e. The van der Waals surface area contributed by atoms with E-state index in [1.54, 1.807) is 23.0 Å². The Morgan fingerprint density at radius 3 is 2.56 bits per heavy atom. The van der Waals surface area contributed by atoms with Gasteiger partial charge in [-0.05, 0) is 31.2 Å². The molecule has 3 rings (SSSR count). The summed E-state index contributed by atoms with van der Waals surface area (Å²) in [7, 11) is 0. The summed E-state index contributed by atoms with van der Waals surface area (Å²) < 4.78 is 43.9. The molecule has 2 heterocycles. The van der Waals surface area contributed by atoms with Crippen LogP contribution in [0.4, 0.5) is 18.9 Å². The molecule has 0 atom stereocenters. The number of alkyl halides is 3. The zero-order valence-corrected chi connectivity index (χ0v) is 14.1. The maximum absolute atomic E-state index is 12.2. The van der Waals surface area contributed by atoms with Gasteiger partial charge in [0, 0.05) is 24.1 Å². The van der Waals surface area contributed by atoms with Gasteiger partial charge in [0.25, 0.3) is 0 Å². The molecule has 27 heavy (non-hydrogen) atoms. The van der Waals surface area contributed by atoms with E-state index in [4.69, 9.17) is 4.74 Å². The maximum atomic E-state index is 12.2. The van der Waals surface area contributed by atoms with E-state index in [1.807, 2.05) is 6.92 Å². The van der Waals surface area contributed by atoms with Crippen LogP contribution in [0.2, 0.25) is 0 Å². The minimum absolute atomic E-state index is 0.231. The highest BCUT2D eigenvalue weighted by molar-refractivity contribution is 5.91. The topological polar surface area (TPSA) is 81.9 Å². The van der Waals surface area contributed by atoms with Crippen molar-refractivity contribution in [1.29, 1.82) is 0 Å². The number of imidazole rings is 1. The summed E-state index contributed by atoms with van der Waals surface area (Å²) >= 11 is 0. The molecule has 1 N–H and O–H groups in total. The zero-order valence-electron chi connectivity index (χ0n) is 14.1. The Balaban J connectivity index is 1.67. The molecule has 0 bridgehead atoms. The molecule has 1 aromatic carbocycles. The number of hydrogen-bond acceptors (Lipinski definition) is 5. The number of rotatable bonds is 5. The molecule has 0 aliphatic rings. The lowest BCUT2D eigenvalue weighted by atomic mass is 10.3. The third-order valence-electron chi connectivity index (χ3n) is 3.42. The second-order valence-corrected chi connectivity index (χ2v) is 5.53. The van der Waals surface area contributed by atoms with Gasteiger partial charge in [0.15, 0.2) is 0 Å². The number of carbonyl (C=O) groups is 1. The SMILES string of the molecule is Cc1nccn1-c1cc(Oc2ccc(NC(=O)CC(F)(F)F)cc2)ncn1. The van der Waals surface area contributed by atoms with Gasteiger partial charge in [-0.2, -0.15) is 13.2 Å². The summed E-state index contributed by atoms with van der Waals surface area (Å²) in [6.07, 6.45) is -1.35. The Morgan fingerprint density at radius 1 is 1.19 bits per heavy atom. The lowest BCUT2D eigenvalue weighted by Gasteiger charge is -2.10. The Kier molecular flexibility index (Phi) is 5.06. The van der Waals surface area contributed by atoms with E-state index in [9.17, 15) is 18.0 Å². The first-order valence-electron chi connectivity index (χ1n) is 7.77. The van der Waals surface area contributed by atoms with Gasteiger partial charge in [-0.15, -0.1) is 0 Å². The number of aromatic nitrogens is 4. The highest BCUT2D eigenvalue weighted by Crippen LogP contribution is 2.24. The number of aryl methyl sites for hydroxylation is 1. The molecule has 0 saturated heterocycles. The van der Waals surface area contributed by atoms with Gasteiger partial charge in [-0.25, -0.2) is 15.0 Å². The monoisotopic (exact) mass is 377 g/mol.